The minimum Gasteiger partial charge on any atom is -0.352 e. The summed E-state index contributed by atoms with van der Waals surface area (Å²) >= 11 is 0. The van der Waals surface area contributed by atoms with E-state index in [1.54, 1.807) is 6.07 Å². The molecular weight excluding hydrogens is 343 g/mol. The van der Waals surface area contributed by atoms with Crippen molar-refractivity contribution in [2.75, 3.05) is 0 Å². The number of halogens is 3. The molecule has 2 aromatic carbocycles. The van der Waals surface area contributed by atoms with Gasteiger partial charge in [0.1, 0.15) is 0 Å². The molecule has 6 heteroatoms. The highest BCUT2D eigenvalue weighted by atomic mass is 19.4. The molecule has 1 amide bonds. The molecule has 0 aromatic heterocycles. The number of hydrogen-bond acceptors (Lipinski definition) is 2. The van der Waals surface area contributed by atoms with Crippen LogP contribution in [0.2, 0.25) is 0 Å². The summed E-state index contributed by atoms with van der Waals surface area (Å²) in [5, 5.41) is 2.55. The van der Waals surface area contributed by atoms with E-state index in [9.17, 15) is 22.8 Å². The first-order valence-electron chi connectivity index (χ1n) is 8.20. The van der Waals surface area contributed by atoms with Crippen molar-refractivity contribution in [3.63, 3.8) is 0 Å². The third-order valence-electron chi connectivity index (χ3n) is 4.02. The smallest absolute Gasteiger partial charge is 0.352 e. The Morgan fingerprint density at radius 1 is 1.00 bits per heavy atom. The number of carbonyl (C=O) groups is 2. The van der Waals surface area contributed by atoms with Gasteiger partial charge in [0.05, 0.1) is 5.56 Å². The first-order chi connectivity index (χ1) is 12.2. The van der Waals surface area contributed by atoms with Crippen molar-refractivity contribution < 1.29 is 22.8 Å². The van der Waals surface area contributed by atoms with E-state index in [0.29, 0.717) is 11.1 Å². The fourth-order valence-electron chi connectivity index (χ4n) is 2.54. The molecular formula is C20H20F3NO2. The van der Waals surface area contributed by atoms with E-state index in [4.69, 9.17) is 0 Å². The number of hydrogen-bond donors (Lipinski definition) is 1. The SMILES string of the molecule is Cc1ccc(C)c(C(=O)CCC(=O)NCc2cccc(C(F)(F)F)c2)c1. The maximum absolute atomic E-state index is 12.7. The third kappa shape index (κ3) is 5.44. The van der Waals surface area contributed by atoms with Crippen LogP contribution in [0.3, 0.4) is 0 Å². The van der Waals surface area contributed by atoms with E-state index in [2.05, 4.69) is 5.32 Å². The van der Waals surface area contributed by atoms with Gasteiger partial charge in [-0.3, -0.25) is 9.59 Å². The van der Waals surface area contributed by atoms with Gasteiger partial charge in [-0.2, -0.15) is 13.2 Å². The molecule has 3 nitrogen and oxygen atoms in total. The highest BCUT2D eigenvalue weighted by Crippen LogP contribution is 2.29. The fraction of sp³-hybridized carbons (Fsp3) is 0.300. The Balaban J connectivity index is 1.88. The number of ketones is 1. The van der Waals surface area contributed by atoms with Crippen LogP contribution < -0.4 is 5.32 Å². The summed E-state index contributed by atoms with van der Waals surface area (Å²) in [4.78, 5) is 24.1. The van der Waals surface area contributed by atoms with Crippen LogP contribution in [0.4, 0.5) is 13.2 Å². The number of rotatable bonds is 6. The molecule has 0 aliphatic rings. The molecule has 0 unspecified atom stereocenters. The van der Waals surface area contributed by atoms with Gasteiger partial charge in [-0.15, -0.1) is 0 Å². The van der Waals surface area contributed by atoms with E-state index >= 15 is 0 Å². The van der Waals surface area contributed by atoms with Crippen molar-refractivity contribution in [2.24, 2.45) is 0 Å². The number of carbonyl (C=O) groups excluding carboxylic acids is 2. The lowest BCUT2D eigenvalue weighted by Gasteiger charge is -2.10. The molecule has 1 N–H and O–H groups in total. The minimum absolute atomic E-state index is 0.00875. The Hall–Kier alpha value is -2.63. The molecule has 0 saturated heterocycles. The van der Waals surface area contributed by atoms with Crippen molar-refractivity contribution in [3.05, 3.63) is 70.3 Å². The summed E-state index contributed by atoms with van der Waals surface area (Å²) in [7, 11) is 0. The lowest BCUT2D eigenvalue weighted by molar-refractivity contribution is -0.137. The summed E-state index contributed by atoms with van der Waals surface area (Å²) in [5.74, 6) is -0.499. The van der Waals surface area contributed by atoms with Gasteiger partial charge in [0.25, 0.3) is 0 Å². The summed E-state index contributed by atoms with van der Waals surface area (Å²) in [6.07, 6.45) is -4.37. The monoisotopic (exact) mass is 363 g/mol. The van der Waals surface area contributed by atoms with Crippen LogP contribution in [0.5, 0.6) is 0 Å². The first-order valence-corrected chi connectivity index (χ1v) is 8.20. The molecule has 0 atom stereocenters. The molecule has 0 heterocycles. The lowest BCUT2D eigenvalue weighted by atomic mass is 9.99. The molecule has 0 saturated carbocycles. The zero-order valence-corrected chi connectivity index (χ0v) is 14.6. The van der Waals surface area contributed by atoms with Crippen LogP contribution in [0.25, 0.3) is 0 Å². The van der Waals surface area contributed by atoms with Crippen molar-refractivity contribution in [1.29, 1.82) is 0 Å². The van der Waals surface area contributed by atoms with Crippen LogP contribution in [0, 0.1) is 13.8 Å². The van der Waals surface area contributed by atoms with Crippen LogP contribution in [-0.2, 0) is 17.5 Å². The maximum Gasteiger partial charge on any atom is 0.416 e. The Morgan fingerprint density at radius 2 is 1.73 bits per heavy atom. The Morgan fingerprint density at radius 3 is 2.42 bits per heavy atom. The topological polar surface area (TPSA) is 46.2 Å². The molecule has 138 valence electrons. The highest BCUT2D eigenvalue weighted by molar-refractivity contribution is 5.99. The molecule has 2 aromatic rings. The standard InChI is InChI=1S/C20H20F3NO2/c1-13-6-7-14(2)17(10-13)18(25)8-9-19(26)24-12-15-4-3-5-16(11-15)20(21,22)23/h3-7,10-11H,8-9,12H2,1-2H3,(H,24,26). The number of nitrogens with one attached hydrogen (secondary N) is 1. The zero-order valence-electron chi connectivity index (χ0n) is 14.6. The predicted octanol–water partition coefficient (Wildman–Crippen LogP) is 4.60. The van der Waals surface area contributed by atoms with Crippen LogP contribution in [0.15, 0.2) is 42.5 Å². The largest absolute Gasteiger partial charge is 0.416 e. The second-order valence-electron chi connectivity index (χ2n) is 6.22. The Bertz CT molecular complexity index is 813. The Labute approximate surface area is 150 Å². The number of aryl methyl sites for hydroxylation is 2. The van der Waals surface area contributed by atoms with Crippen LogP contribution in [0.1, 0.15) is 45.5 Å². The Kier molecular flexibility index (Phi) is 6.18. The summed E-state index contributed by atoms with van der Waals surface area (Å²) in [6, 6.07) is 10.4. The summed E-state index contributed by atoms with van der Waals surface area (Å²) in [5.41, 5.74) is 2.01. The quantitative estimate of drug-likeness (QED) is 0.763. The fourth-order valence-corrected chi connectivity index (χ4v) is 2.54. The average molecular weight is 363 g/mol. The molecule has 0 radical (unpaired) electrons. The zero-order chi connectivity index (χ0) is 19.3. The van der Waals surface area contributed by atoms with Gasteiger partial charge < -0.3 is 5.32 Å². The van der Waals surface area contributed by atoms with Gasteiger partial charge in [0, 0.05) is 24.9 Å². The second kappa shape index (κ2) is 8.17. The average Bonchev–Trinajstić information content (AvgIpc) is 2.59. The first kappa shape index (κ1) is 19.7. The lowest BCUT2D eigenvalue weighted by Crippen LogP contribution is -2.23. The molecule has 0 aliphatic carbocycles. The molecule has 26 heavy (non-hydrogen) atoms. The third-order valence-corrected chi connectivity index (χ3v) is 4.02. The number of amides is 1. The van der Waals surface area contributed by atoms with Crippen molar-refractivity contribution in [3.8, 4) is 0 Å². The molecule has 0 bridgehead atoms. The van der Waals surface area contributed by atoms with Crippen molar-refractivity contribution in [1.82, 2.24) is 5.32 Å². The summed E-state index contributed by atoms with van der Waals surface area (Å²) in [6.45, 7) is 3.71. The van der Waals surface area contributed by atoms with Gasteiger partial charge in [-0.1, -0.05) is 29.8 Å². The molecule has 0 fully saturated rings. The second-order valence-corrected chi connectivity index (χ2v) is 6.22. The normalized spacial score (nSPS) is 11.3. The van der Waals surface area contributed by atoms with Gasteiger partial charge in [-0.25, -0.2) is 0 Å². The van der Waals surface area contributed by atoms with Gasteiger partial charge in [0.2, 0.25) is 5.91 Å². The van der Waals surface area contributed by atoms with E-state index in [0.717, 1.165) is 23.3 Å². The highest BCUT2D eigenvalue weighted by Gasteiger charge is 2.30. The minimum atomic E-state index is -4.42. The van der Waals surface area contributed by atoms with Crippen LogP contribution in [-0.4, -0.2) is 11.7 Å². The van der Waals surface area contributed by atoms with Crippen molar-refractivity contribution in [2.45, 2.75) is 39.4 Å². The van der Waals surface area contributed by atoms with Gasteiger partial charge in [-0.05, 0) is 43.2 Å². The maximum atomic E-state index is 12.7. The van der Waals surface area contributed by atoms with Gasteiger partial charge in [0.15, 0.2) is 5.78 Å². The van der Waals surface area contributed by atoms with Gasteiger partial charge >= 0.3 is 6.18 Å². The van der Waals surface area contributed by atoms with Crippen LogP contribution >= 0.6 is 0 Å². The molecule has 0 spiro atoms. The number of benzene rings is 2. The number of alkyl halides is 3. The summed E-state index contributed by atoms with van der Waals surface area (Å²) < 4.78 is 38.0. The van der Waals surface area contributed by atoms with E-state index in [1.165, 1.54) is 12.1 Å². The molecule has 2 rings (SSSR count). The van der Waals surface area contributed by atoms with E-state index in [-0.39, 0.29) is 31.1 Å². The predicted molar refractivity (Wildman–Crippen MR) is 92.8 cm³/mol. The van der Waals surface area contributed by atoms with E-state index < -0.39 is 11.7 Å². The van der Waals surface area contributed by atoms with E-state index in [1.807, 2.05) is 26.0 Å². The van der Waals surface area contributed by atoms with Crippen molar-refractivity contribution >= 4 is 11.7 Å². The molecule has 0 aliphatic heterocycles. The number of Topliss-reactive ketones (excluding diaryl/α,β-unsaturated/α-hetero) is 1.